The molecule has 0 heterocycles. The van der Waals surface area contributed by atoms with Crippen molar-refractivity contribution in [3.63, 3.8) is 0 Å². The number of benzene rings is 1. The zero-order chi connectivity index (χ0) is 13.8. The van der Waals surface area contributed by atoms with Crippen LogP contribution in [0, 0.1) is 28.1 Å². The van der Waals surface area contributed by atoms with Gasteiger partial charge in [-0.15, -0.1) is 0 Å². The number of hydrogen-bond acceptors (Lipinski definition) is 3. The highest BCUT2D eigenvalue weighted by molar-refractivity contribution is 6.06. The highest BCUT2D eigenvalue weighted by Gasteiger charge is 2.24. The third kappa shape index (κ3) is 3.30. The first-order valence-electron chi connectivity index (χ1n) is 5.55. The van der Waals surface area contributed by atoms with Gasteiger partial charge in [-0.2, -0.15) is 10.5 Å². The average molecular weight is 238 g/mol. The smallest absolute Gasteiger partial charge is 0.178 e. The lowest BCUT2D eigenvalue weighted by Gasteiger charge is -2.15. The Morgan fingerprint density at radius 1 is 1.17 bits per heavy atom. The molecule has 1 rings (SSSR count). The highest BCUT2D eigenvalue weighted by atomic mass is 16.1. The lowest BCUT2D eigenvalue weighted by Crippen LogP contribution is -2.21. The first-order chi connectivity index (χ1) is 8.38. The molecule has 3 nitrogen and oxygen atoms in total. The van der Waals surface area contributed by atoms with Crippen LogP contribution in [0.5, 0.6) is 0 Å². The van der Waals surface area contributed by atoms with E-state index in [4.69, 9.17) is 10.5 Å². The molecule has 0 unspecified atom stereocenters. The Kier molecular flexibility index (Phi) is 4.02. The van der Waals surface area contributed by atoms with E-state index < -0.39 is 5.41 Å². The normalized spacial score (nSPS) is 11.5. The summed E-state index contributed by atoms with van der Waals surface area (Å²) in [6.45, 7) is 5.33. The Bertz CT molecular complexity index is 560. The molecule has 3 heteroatoms. The van der Waals surface area contributed by atoms with Crippen LogP contribution in [0.4, 0.5) is 0 Å². The summed E-state index contributed by atoms with van der Waals surface area (Å²) in [5.74, 6) is -0.186. The van der Waals surface area contributed by atoms with Crippen LogP contribution in [0.15, 0.2) is 29.8 Å². The van der Waals surface area contributed by atoms with E-state index in [1.807, 2.05) is 12.1 Å². The van der Waals surface area contributed by atoms with Crippen molar-refractivity contribution in [2.75, 3.05) is 0 Å². The standard InChI is InChI=1S/C15H14N2O/c1-15(2,3)14(18)13(10-17)8-11-4-6-12(9-16)7-5-11/h4-8H,1-3H3/b13-8+. The van der Waals surface area contributed by atoms with Crippen LogP contribution in [-0.4, -0.2) is 5.78 Å². The van der Waals surface area contributed by atoms with Gasteiger partial charge in [0, 0.05) is 5.41 Å². The number of carbonyl (C=O) groups excluding carboxylic acids is 1. The third-order valence-electron chi connectivity index (χ3n) is 2.40. The summed E-state index contributed by atoms with van der Waals surface area (Å²) in [4.78, 5) is 12.0. The average Bonchev–Trinajstić information content (AvgIpc) is 2.34. The third-order valence-corrected chi connectivity index (χ3v) is 2.40. The number of Topliss-reactive ketones (excluding diaryl/α,β-unsaturated/α-hetero) is 1. The summed E-state index contributed by atoms with van der Waals surface area (Å²) < 4.78 is 0. The molecule has 1 aromatic rings. The van der Waals surface area contributed by atoms with Crippen LogP contribution >= 0.6 is 0 Å². The second-order valence-electron chi connectivity index (χ2n) is 4.98. The van der Waals surface area contributed by atoms with E-state index in [0.29, 0.717) is 5.56 Å². The summed E-state index contributed by atoms with van der Waals surface area (Å²) in [5, 5.41) is 17.7. The molecule has 0 aliphatic carbocycles. The molecule has 0 aliphatic heterocycles. The van der Waals surface area contributed by atoms with Gasteiger partial charge in [-0.1, -0.05) is 32.9 Å². The SMILES string of the molecule is CC(C)(C)C(=O)/C(C#N)=C/c1ccc(C#N)cc1. The Morgan fingerprint density at radius 2 is 1.72 bits per heavy atom. The molecule has 0 atom stereocenters. The topological polar surface area (TPSA) is 64.7 Å². The van der Waals surface area contributed by atoms with Crippen molar-refractivity contribution in [1.29, 1.82) is 10.5 Å². The van der Waals surface area contributed by atoms with Crippen LogP contribution < -0.4 is 0 Å². The number of carbonyl (C=O) groups is 1. The molecule has 1 aromatic carbocycles. The minimum Gasteiger partial charge on any atom is -0.293 e. The zero-order valence-corrected chi connectivity index (χ0v) is 10.7. The van der Waals surface area contributed by atoms with Crippen molar-refractivity contribution in [2.24, 2.45) is 5.41 Å². The molecule has 90 valence electrons. The largest absolute Gasteiger partial charge is 0.293 e. The van der Waals surface area contributed by atoms with Crippen molar-refractivity contribution in [1.82, 2.24) is 0 Å². The number of nitrogens with zero attached hydrogens (tertiary/aromatic N) is 2. The molecule has 0 aliphatic rings. The number of hydrogen-bond donors (Lipinski definition) is 0. The predicted molar refractivity (Wildman–Crippen MR) is 69.2 cm³/mol. The van der Waals surface area contributed by atoms with Gasteiger partial charge in [-0.25, -0.2) is 0 Å². The molecule has 0 fully saturated rings. The summed E-state index contributed by atoms with van der Waals surface area (Å²) in [6.07, 6.45) is 1.55. The predicted octanol–water partition coefficient (Wildman–Crippen LogP) is 3.08. The quantitative estimate of drug-likeness (QED) is 0.587. The fraction of sp³-hybridized carbons (Fsp3) is 0.267. The maximum atomic E-state index is 12.0. The molecule has 0 saturated heterocycles. The van der Waals surface area contributed by atoms with Gasteiger partial charge in [0.05, 0.1) is 17.2 Å². The Hall–Kier alpha value is -2.39. The summed E-state index contributed by atoms with van der Waals surface area (Å²) in [5.41, 5.74) is 0.844. The van der Waals surface area contributed by atoms with Crippen molar-refractivity contribution < 1.29 is 4.79 Å². The van der Waals surface area contributed by atoms with E-state index in [1.54, 1.807) is 51.1 Å². The van der Waals surface area contributed by atoms with E-state index >= 15 is 0 Å². The Labute approximate surface area is 107 Å². The Morgan fingerprint density at radius 3 is 2.11 bits per heavy atom. The fourth-order valence-electron chi connectivity index (χ4n) is 1.37. The van der Waals surface area contributed by atoms with E-state index in [0.717, 1.165) is 5.56 Å². The minimum atomic E-state index is -0.575. The maximum Gasteiger partial charge on any atom is 0.178 e. The van der Waals surface area contributed by atoms with Crippen molar-refractivity contribution >= 4 is 11.9 Å². The molecule has 0 saturated carbocycles. The summed E-state index contributed by atoms with van der Waals surface area (Å²) >= 11 is 0. The molecule has 0 spiro atoms. The molecular weight excluding hydrogens is 224 g/mol. The molecule has 18 heavy (non-hydrogen) atoms. The lowest BCUT2D eigenvalue weighted by atomic mass is 9.86. The zero-order valence-electron chi connectivity index (χ0n) is 10.7. The molecule has 0 radical (unpaired) electrons. The van der Waals surface area contributed by atoms with Gasteiger partial charge in [0.25, 0.3) is 0 Å². The number of nitriles is 2. The van der Waals surface area contributed by atoms with Crippen LogP contribution in [-0.2, 0) is 4.79 Å². The van der Waals surface area contributed by atoms with Crippen molar-refractivity contribution in [2.45, 2.75) is 20.8 Å². The van der Waals surface area contributed by atoms with Crippen LogP contribution in [0.2, 0.25) is 0 Å². The van der Waals surface area contributed by atoms with Gasteiger partial charge < -0.3 is 0 Å². The molecule has 0 bridgehead atoms. The van der Waals surface area contributed by atoms with E-state index in [1.165, 1.54) is 0 Å². The number of ketones is 1. The lowest BCUT2D eigenvalue weighted by molar-refractivity contribution is -0.121. The molecular formula is C15H14N2O. The van der Waals surface area contributed by atoms with Gasteiger partial charge >= 0.3 is 0 Å². The first kappa shape index (κ1) is 13.7. The maximum absolute atomic E-state index is 12.0. The van der Waals surface area contributed by atoms with Gasteiger partial charge in [0.15, 0.2) is 5.78 Å². The number of rotatable bonds is 2. The second-order valence-corrected chi connectivity index (χ2v) is 4.98. The van der Waals surface area contributed by atoms with Crippen molar-refractivity contribution in [3.8, 4) is 12.1 Å². The van der Waals surface area contributed by atoms with Gasteiger partial charge in [0.1, 0.15) is 6.07 Å². The molecule has 0 amide bonds. The van der Waals surface area contributed by atoms with Gasteiger partial charge in [0.2, 0.25) is 0 Å². The Balaban J connectivity index is 3.10. The number of allylic oxidation sites excluding steroid dienone is 1. The van der Waals surface area contributed by atoms with Crippen LogP contribution in [0.3, 0.4) is 0 Å². The van der Waals surface area contributed by atoms with E-state index in [-0.39, 0.29) is 11.4 Å². The monoisotopic (exact) mass is 238 g/mol. The summed E-state index contributed by atoms with van der Waals surface area (Å²) in [7, 11) is 0. The van der Waals surface area contributed by atoms with Gasteiger partial charge in [-0.05, 0) is 23.8 Å². The molecule has 0 N–H and O–H groups in total. The van der Waals surface area contributed by atoms with Crippen molar-refractivity contribution in [3.05, 3.63) is 41.0 Å². The van der Waals surface area contributed by atoms with Gasteiger partial charge in [-0.3, -0.25) is 4.79 Å². The van der Waals surface area contributed by atoms with E-state index in [9.17, 15) is 4.79 Å². The first-order valence-corrected chi connectivity index (χ1v) is 5.55. The second kappa shape index (κ2) is 5.29. The molecule has 0 aromatic heterocycles. The van der Waals surface area contributed by atoms with Crippen LogP contribution in [0.1, 0.15) is 31.9 Å². The minimum absolute atomic E-state index is 0.132. The fourth-order valence-corrected chi connectivity index (χ4v) is 1.37. The highest BCUT2D eigenvalue weighted by Crippen LogP contribution is 2.21. The van der Waals surface area contributed by atoms with Crippen LogP contribution in [0.25, 0.3) is 6.08 Å². The summed E-state index contributed by atoms with van der Waals surface area (Å²) in [6, 6.07) is 10.7. The van der Waals surface area contributed by atoms with E-state index in [2.05, 4.69) is 0 Å².